The predicted molar refractivity (Wildman–Crippen MR) is 44.6 cm³/mol. The summed E-state index contributed by atoms with van der Waals surface area (Å²) >= 11 is 0. The smallest absolute Gasteiger partial charge is 0.492 e. The second kappa shape index (κ2) is 3.42. The minimum atomic E-state index is -1.92. The molecule has 0 radical (unpaired) electrons. The predicted octanol–water partition coefficient (Wildman–Crippen LogP) is -1.02. The molecule has 0 bridgehead atoms. The van der Waals surface area contributed by atoms with Gasteiger partial charge in [-0.05, 0) is 6.07 Å². The number of nitro groups is 1. The monoisotopic (exact) mass is 183 g/mol. The van der Waals surface area contributed by atoms with Gasteiger partial charge in [0.05, 0.1) is 4.92 Å². The maximum atomic E-state index is 10.2. The fourth-order valence-corrected chi connectivity index (χ4v) is 0.862. The van der Waals surface area contributed by atoms with E-state index in [9.17, 15) is 10.1 Å². The van der Waals surface area contributed by atoms with Gasteiger partial charge in [-0.15, -0.1) is 0 Å². The molecule has 0 heterocycles. The van der Waals surface area contributed by atoms with Crippen molar-refractivity contribution in [2.75, 3.05) is 0 Å². The summed E-state index contributed by atoms with van der Waals surface area (Å²) < 4.78 is 0. The summed E-state index contributed by atoms with van der Waals surface area (Å²) in [5.41, 5.74) is -0.588. The number of benzene rings is 1. The van der Waals surface area contributed by atoms with Gasteiger partial charge in [0.15, 0.2) is 0 Å². The largest absolute Gasteiger partial charge is 0.508 e. The Morgan fingerprint density at radius 2 is 2.00 bits per heavy atom. The molecule has 0 aliphatic heterocycles. The van der Waals surface area contributed by atoms with Crippen molar-refractivity contribution < 1.29 is 20.1 Å². The lowest BCUT2D eigenvalue weighted by atomic mass is 9.79. The summed E-state index contributed by atoms with van der Waals surface area (Å²) in [6, 6.07) is 3.01. The quantitative estimate of drug-likeness (QED) is 0.309. The Labute approximate surface area is 73.4 Å². The fraction of sp³-hybridized carbons (Fsp3) is 0. The molecule has 68 valence electrons. The molecule has 0 aliphatic rings. The fourth-order valence-electron chi connectivity index (χ4n) is 0.862. The molecule has 7 heteroatoms. The van der Waals surface area contributed by atoms with Gasteiger partial charge in [-0.2, -0.15) is 0 Å². The first kappa shape index (κ1) is 9.49. The number of aromatic hydroxyl groups is 1. The molecule has 0 fully saturated rings. The number of rotatable bonds is 2. The van der Waals surface area contributed by atoms with E-state index in [1.54, 1.807) is 0 Å². The average Bonchev–Trinajstić information content (AvgIpc) is 2.04. The molecule has 13 heavy (non-hydrogen) atoms. The highest BCUT2D eigenvalue weighted by Crippen LogP contribution is 2.14. The lowest BCUT2D eigenvalue weighted by molar-refractivity contribution is -0.384. The first-order chi connectivity index (χ1) is 6.02. The molecule has 0 amide bonds. The van der Waals surface area contributed by atoms with Crippen molar-refractivity contribution >= 4 is 18.3 Å². The maximum absolute atomic E-state index is 10.2. The van der Waals surface area contributed by atoms with Crippen molar-refractivity contribution in [2.24, 2.45) is 0 Å². The van der Waals surface area contributed by atoms with Crippen LogP contribution in [-0.4, -0.2) is 27.2 Å². The molecular weight excluding hydrogens is 177 g/mol. The van der Waals surface area contributed by atoms with E-state index < -0.39 is 12.0 Å². The Kier molecular flexibility index (Phi) is 2.50. The summed E-state index contributed by atoms with van der Waals surface area (Å²) in [5.74, 6) is -0.388. The van der Waals surface area contributed by atoms with E-state index in [0.29, 0.717) is 0 Å². The third kappa shape index (κ3) is 1.95. The van der Waals surface area contributed by atoms with Crippen molar-refractivity contribution in [1.29, 1.82) is 0 Å². The van der Waals surface area contributed by atoms with Crippen LogP contribution in [0.4, 0.5) is 5.69 Å². The zero-order valence-corrected chi connectivity index (χ0v) is 6.41. The van der Waals surface area contributed by atoms with Crippen LogP contribution < -0.4 is 5.46 Å². The van der Waals surface area contributed by atoms with Crippen LogP contribution in [0.3, 0.4) is 0 Å². The number of phenols is 1. The van der Waals surface area contributed by atoms with Gasteiger partial charge in [0.1, 0.15) is 5.75 Å². The molecule has 0 spiro atoms. The van der Waals surface area contributed by atoms with Crippen LogP contribution in [-0.2, 0) is 0 Å². The SMILES string of the molecule is O=[N+]([O-])c1ccc(O)c(B(O)O)c1. The van der Waals surface area contributed by atoms with Gasteiger partial charge in [0, 0.05) is 17.6 Å². The molecule has 0 aromatic heterocycles. The first-order valence-corrected chi connectivity index (χ1v) is 3.36. The third-order valence-corrected chi connectivity index (χ3v) is 1.50. The zero-order valence-electron chi connectivity index (χ0n) is 6.41. The zero-order chi connectivity index (χ0) is 10.0. The molecule has 3 N–H and O–H groups in total. The van der Waals surface area contributed by atoms with E-state index in [-0.39, 0.29) is 16.9 Å². The van der Waals surface area contributed by atoms with Crippen molar-refractivity contribution in [2.45, 2.75) is 0 Å². The number of hydrogen-bond acceptors (Lipinski definition) is 5. The van der Waals surface area contributed by atoms with Crippen molar-refractivity contribution in [3.63, 3.8) is 0 Å². The standard InChI is InChI=1S/C6H6BNO5/c9-6-2-1-4(8(12)13)3-5(6)7(10)11/h1-3,9-11H. The Balaban J connectivity index is 3.19. The number of non-ortho nitro benzene ring substituents is 1. The summed E-state index contributed by atoms with van der Waals surface area (Å²) in [6.07, 6.45) is 0. The number of hydrogen-bond donors (Lipinski definition) is 3. The van der Waals surface area contributed by atoms with Crippen LogP contribution in [0.15, 0.2) is 18.2 Å². The first-order valence-electron chi connectivity index (χ1n) is 3.36. The minimum Gasteiger partial charge on any atom is -0.508 e. The van der Waals surface area contributed by atoms with E-state index in [2.05, 4.69) is 0 Å². The lowest BCUT2D eigenvalue weighted by Crippen LogP contribution is -2.30. The van der Waals surface area contributed by atoms with Gasteiger partial charge in [-0.1, -0.05) is 0 Å². The van der Waals surface area contributed by atoms with E-state index in [0.717, 1.165) is 18.2 Å². The Hall–Kier alpha value is -1.60. The van der Waals surface area contributed by atoms with E-state index in [1.165, 1.54) is 0 Å². The van der Waals surface area contributed by atoms with Gasteiger partial charge < -0.3 is 15.2 Å². The molecule has 1 aromatic carbocycles. The Bertz CT molecular complexity index is 340. The van der Waals surface area contributed by atoms with Gasteiger partial charge in [0.2, 0.25) is 0 Å². The maximum Gasteiger partial charge on any atom is 0.492 e. The van der Waals surface area contributed by atoms with Crippen molar-refractivity contribution in [3.05, 3.63) is 28.3 Å². The summed E-state index contributed by atoms with van der Waals surface area (Å²) in [4.78, 5) is 9.56. The molecule has 6 nitrogen and oxygen atoms in total. The van der Waals surface area contributed by atoms with Crippen LogP contribution in [0.5, 0.6) is 5.75 Å². The van der Waals surface area contributed by atoms with E-state index in [1.807, 2.05) is 0 Å². The molecular formula is C6H6BNO5. The van der Waals surface area contributed by atoms with Gasteiger partial charge in [-0.25, -0.2) is 0 Å². The summed E-state index contributed by atoms with van der Waals surface area (Å²) in [5, 5.41) is 36.7. The Morgan fingerprint density at radius 1 is 1.38 bits per heavy atom. The highest BCUT2D eigenvalue weighted by Gasteiger charge is 2.19. The Morgan fingerprint density at radius 3 is 2.46 bits per heavy atom. The number of phenolic OH excluding ortho intramolecular Hbond substituents is 1. The summed E-state index contributed by atoms with van der Waals surface area (Å²) in [6.45, 7) is 0. The number of nitrogens with zero attached hydrogens (tertiary/aromatic N) is 1. The number of nitro benzene ring substituents is 1. The van der Waals surface area contributed by atoms with Crippen LogP contribution in [0, 0.1) is 10.1 Å². The molecule has 0 atom stereocenters. The van der Waals surface area contributed by atoms with Crippen LogP contribution in [0.1, 0.15) is 0 Å². The summed E-state index contributed by atoms with van der Waals surface area (Å²) in [7, 11) is -1.92. The molecule has 0 saturated heterocycles. The molecule has 0 saturated carbocycles. The lowest BCUT2D eigenvalue weighted by Gasteiger charge is -2.01. The topological polar surface area (TPSA) is 104 Å². The average molecular weight is 183 g/mol. The van der Waals surface area contributed by atoms with Crippen molar-refractivity contribution in [3.8, 4) is 5.75 Å². The van der Waals surface area contributed by atoms with Crippen LogP contribution in [0.2, 0.25) is 0 Å². The normalized spacial score (nSPS) is 9.69. The molecule has 1 rings (SSSR count). The van der Waals surface area contributed by atoms with Gasteiger partial charge in [-0.3, -0.25) is 10.1 Å². The minimum absolute atomic E-state index is 0.283. The van der Waals surface area contributed by atoms with Gasteiger partial charge in [0.25, 0.3) is 5.69 Å². The molecule has 0 unspecified atom stereocenters. The van der Waals surface area contributed by atoms with Crippen LogP contribution >= 0.6 is 0 Å². The third-order valence-electron chi connectivity index (χ3n) is 1.50. The van der Waals surface area contributed by atoms with E-state index >= 15 is 0 Å². The highest BCUT2D eigenvalue weighted by atomic mass is 16.6. The highest BCUT2D eigenvalue weighted by molar-refractivity contribution is 6.59. The second-order valence-electron chi connectivity index (χ2n) is 2.37. The van der Waals surface area contributed by atoms with Crippen LogP contribution in [0.25, 0.3) is 0 Å². The van der Waals surface area contributed by atoms with E-state index in [4.69, 9.17) is 15.2 Å². The molecule has 1 aromatic rings. The van der Waals surface area contributed by atoms with Gasteiger partial charge >= 0.3 is 7.12 Å². The second-order valence-corrected chi connectivity index (χ2v) is 2.37. The molecule has 0 aliphatic carbocycles. The van der Waals surface area contributed by atoms with Crippen molar-refractivity contribution in [1.82, 2.24) is 0 Å².